The van der Waals surface area contributed by atoms with Crippen LogP contribution in [0.2, 0.25) is 0 Å². The Kier molecular flexibility index (Phi) is 10.2. The molecule has 7 heteroatoms. The second kappa shape index (κ2) is 13.2. The summed E-state index contributed by atoms with van der Waals surface area (Å²) in [6, 6.07) is 13.6. The minimum atomic E-state index is -0.0575. The highest BCUT2D eigenvalue weighted by Gasteiger charge is 2.07. The lowest BCUT2D eigenvalue weighted by Crippen LogP contribution is -2.37. The van der Waals surface area contributed by atoms with Crippen LogP contribution in [0.15, 0.2) is 47.5 Å². The van der Waals surface area contributed by atoms with Gasteiger partial charge in [0.15, 0.2) is 17.5 Å². The molecule has 2 rings (SSSR count). The van der Waals surface area contributed by atoms with Gasteiger partial charge in [0.1, 0.15) is 0 Å². The average Bonchev–Trinajstić information content (AvgIpc) is 2.79. The van der Waals surface area contributed by atoms with Gasteiger partial charge in [-0.25, -0.2) is 0 Å². The lowest BCUT2D eigenvalue weighted by atomic mass is 10.1. The van der Waals surface area contributed by atoms with Gasteiger partial charge in [-0.05, 0) is 62.1 Å². The lowest BCUT2D eigenvalue weighted by Gasteiger charge is -2.13. The van der Waals surface area contributed by atoms with Crippen molar-refractivity contribution in [3.63, 3.8) is 0 Å². The summed E-state index contributed by atoms with van der Waals surface area (Å²) in [5, 5.41) is 9.45. The Labute approximate surface area is 185 Å². The van der Waals surface area contributed by atoms with E-state index >= 15 is 0 Å². The Morgan fingerprint density at radius 1 is 1.00 bits per heavy atom. The van der Waals surface area contributed by atoms with E-state index < -0.39 is 0 Å². The van der Waals surface area contributed by atoms with Gasteiger partial charge in [-0.1, -0.05) is 18.2 Å². The number of hydrogen-bond acceptors (Lipinski definition) is 4. The van der Waals surface area contributed by atoms with E-state index in [4.69, 9.17) is 9.47 Å². The van der Waals surface area contributed by atoms with E-state index in [0.717, 1.165) is 42.4 Å². The first-order valence-corrected chi connectivity index (χ1v) is 10.7. The third-order valence-corrected chi connectivity index (χ3v) is 4.67. The van der Waals surface area contributed by atoms with Crippen LogP contribution >= 0.6 is 0 Å². The number of aliphatic imine (C=N–C) groups is 1. The van der Waals surface area contributed by atoms with Gasteiger partial charge < -0.3 is 25.4 Å². The molecule has 31 heavy (non-hydrogen) atoms. The van der Waals surface area contributed by atoms with E-state index in [1.807, 2.05) is 50.2 Å². The van der Waals surface area contributed by atoms with Crippen LogP contribution in [-0.4, -0.2) is 45.7 Å². The van der Waals surface area contributed by atoms with E-state index in [1.165, 1.54) is 5.56 Å². The molecule has 0 bridgehead atoms. The van der Waals surface area contributed by atoms with Crippen molar-refractivity contribution in [2.24, 2.45) is 4.99 Å². The Balaban J connectivity index is 1.80. The molecule has 0 spiro atoms. The lowest BCUT2D eigenvalue weighted by molar-refractivity contribution is 0.0955. The van der Waals surface area contributed by atoms with Crippen molar-refractivity contribution >= 4 is 11.9 Å². The molecule has 0 aliphatic heterocycles. The highest BCUT2D eigenvalue weighted by Crippen LogP contribution is 2.28. The molecular weight excluding hydrogens is 392 g/mol. The molecule has 2 aromatic rings. The van der Waals surface area contributed by atoms with E-state index in [9.17, 15) is 4.79 Å². The molecule has 0 fully saturated rings. The van der Waals surface area contributed by atoms with Gasteiger partial charge in [-0.3, -0.25) is 9.79 Å². The van der Waals surface area contributed by atoms with Gasteiger partial charge in [0.05, 0.1) is 13.7 Å². The van der Waals surface area contributed by atoms with E-state index in [-0.39, 0.29) is 5.91 Å². The van der Waals surface area contributed by atoms with Crippen LogP contribution in [0.5, 0.6) is 11.5 Å². The quantitative estimate of drug-likeness (QED) is 0.292. The molecule has 0 aromatic heterocycles. The number of benzene rings is 2. The molecule has 2 aromatic carbocycles. The molecule has 0 saturated carbocycles. The Bertz CT molecular complexity index is 868. The van der Waals surface area contributed by atoms with Crippen LogP contribution in [0.25, 0.3) is 0 Å². The zero-order valence-corrected chi connectivity index (χ0v) is 19.0. The highest BCUT2D eigenvalue weighted by atomic mass is 16.5. The first kappa shape index (κ1) is 24.1. The normalized spacial score (nSPS) is 11.0. The van der Waals surface area contributed by atoms with Crippen molar-refractivity contribution in [3.8, 4) is 11.5 Å². The largest absolute Gasteiger partial charge is 0.493 e. The van der Waals surface area contributed by atoms with Crippen LogP contribution in [-0.2, 0) is 13.0 Å². The molecule has 1 amide bonds. The SMILES string of the molecule is CCNC(=O)c1cccc(CNC(=NC)NCCCc2ccc(OC)c(OCC)c2)c1. The summed E-state index contributed by atoms with van der Waals surface area (Å²) in [5.74, 6) is 2.21. The smallest absolute Gasteiger partial charge is 0.251 e. The number of nitrogens with one attached hydrogen (secondary N) is 3. The second-order valence-corrected chi connectivity index (χ2v) is 6.93. The number of rotatable bonds is 11. The predicted molar refractivity (Wildman–Crippen MR) is 125 cm³/mol. The van der Waals surface area contributed by atoms with Crippen molar-refractivity contribution < 1.29 is 14.3 Å². The molecule has 0 unspecified atom stereocenters. The minimum absolute atomic E-state index is 0.0575. The number of methoxy groups -OCH3 is 1. The first-order chi connectivity index (χ1) is 15.1. The Hall–Kier alpha value is -3.22. The highest BCUT2D eigenvalue weighted by molar-refractivity contribution is 5.94. The third kappa shape index (κ3) is 7.85. The number of carbonyl (C=O) groups excluding carboxylic acids is 1. The van der Waals surface area contributed by atoms with Crippen molar-refractivity contribution in [2.75, 3.05) is 33.9 Å². The number of hydrogen-bond donors (Lipinski definition) is 3. The zero-order valence-electron chi connectivity index (χ0n) is 19.0. The fourth-order valence-electron chi connectivity index (χ4n) is 3.14. The topological polar surface area (TPSA) is 84.0 Å². The maximum Gasteiger partial charge on any atom is 0.251 e. The summed E-state index contributed by atoms with van der Waals surface area (Å²) in [4.78, 5) is 16.3. The van der Waals surface area contributed by atoms with Crippen LogP contribution in [0.3, 0.4) is 0 Å². The summed E-state index contributed by atoms with van der Waals surface area (Å²) in [6.45, 7) is 6.46. The van der Waals surface area contributed by atoms with Crippen molar-refractivity contribution in [1.29, 1.82) is 0 Å². The maximum absolute atomic E-state index is 12.0. The molecule has 0 radical (unpaired) electrons. The number of carbonyl (C=O) groups is 1. The van der Waals surface area contributed by atoms with Gasteiger partial charge in [-0.2, -0.15) is 0 Å². The summed E-state index contributed by atoms with van der Waals surface area (Å²) in [7, 11) is 3.40. The number of ether oxygens (including phenoxy) is 2. The molecule has 168 valence electrons. The van der Waals surface area contributed by atoms with Crippen LogP contribution in [0.4, 0.5) is 0 Å². The van der Waals surface area contributed by atoms with Crippen LogP contribution in [0.1, 0.15) is 41.8 Å². The average molecular weight is 427 g/mol. The molecule has 0 aliphatic carbocycles. The van der Waals surface area contributed by atoms with Crippen LogP contribution < -0.4 is 25.4 Å². The summed E-state index contributed by atoms with van der Waals surface area (Å²) < 4.78 is 11.0. The number of guanidine groups is 1. The molecule has 0 atom stereocenters. The van der Waals surface area contributed by atoms with Gasteiger partial charge in [0, 0.05) is 32.2 Å². The Morgan fingerprint density at radius 3 is 2.55 bits per heavy atom. The van der Waals surface area contributed by atoms with Gasteiger partial charge >= 0.3 is 0 Å². The fourth-order valence-corrected chi connectivity index (χ4v) is 3.14. The van der Waals surface area contributed by atoms with E-state index in [2.05, 4.69) is 27.0 Å². The van der Waals surface area contributed by atoms with Crippen molar-refractivity contribution in [1.82, 2.24) is 16.0 Å². The maximum atomic E-state index is 12.0. The molecule has 0 saturated heterocycles. The summed E-state index contributed by atoms with van der Waals surface area (Å²) in [6.07, 6.45) is 1.87. The van der Waals surface area contributed by atoms with E-state index in [1.54, 1.807) is 14.2 Å². The fraction of sp³-hybridized carbons (Fsp3) is 0.417. The van der Waals surface area contributed by atoms with Crippen molar-refractivity contribution in [3.05, 3.63) is 59.2 Å². The predicted octanol–water partition coefficient (Wildman–Crippen LogP) is 3.14. The number of aryl methyl sites for hydroxylation is 1. The summed E-state index contributed by atoms with van der Waals surface area (Å²) >= 11 is 0. The van der Waals surface area contributed by atoms with Gasteiger partial charge in [0.25, 0.3) is 5.91 Å². The van der Waals surface area contributed by atoms with Crippen LogP contribution in [0, 0.1) is 0 Å². The molecule has 3 N–H and O–H groups in total. The number of nitrogens with zero attached hydrogens (tertiary/aromatic N) is 1. The number of amides is 1. The monoisotopic (exact) mass is 426 g/mol. The van der Waals surface area contributed by atoms with Gasteiger partial charge in [0.2, 0.25) is 0 Å². The second-order valence-electron chi connectivity index (χ2n) is 6.93. The molecule has 7 nitrogen and oxygen atoms in total. The third-order valence-electron chi connectivity index (χ3n) is 4.67. The minimum Gasteiger partial charge on any atom is -0.493 e. The molecule has 0 aliphatic rings. The zero-order chi connectivity index (χ0) is 22.5. The van der Waals surface area contributed by atoms with Gasteiger partial charge in [-0.15, -0.1) is 0 Å². The standard InChI is InChI=1S/C24H34N4O3/c1-5-26-23(29)20-11-7-9-19(15-20)17-28-24(25-3)27-14-8-10-18-12-13-21(30-4)22(16-18)31-6-2/h7,9,11-13,15-16H,5-6,8,10,14,17H2,1-4H3,(H,26,29)(H2,25,27,28). The van der Waals surface area contributed by atoms with Crippen molar-refractivity contribution in [2.45, 2.75) is 33.2 Å². The molecular formula is C24H34N4O3. The summed E-state index contributed by atoms with van der Waals surface area (Å²) in [5.41, 5.74) is 2.89. The first-order valence-electron chi connectivity index (χ1n) is 10.7. The molecule has 0 heterocycles. The van der Waals surface area contributed by atoms with E-state index in [0.29, 0.717) is 25.3 Å². The Morgan fingerprint density at radius 2 is 1.84 bits per heavy atom.